The summed E-state index contributed by atoms with van der Waals surface area (Å²) in [6.45, 7) is 6.71. The number of rotatable bonds is 5. The maximum Gasteiger partial charge on any atom is 0.161 e. The molecule has 96 valence electrons. The van der Waals surface area contributed by atoms with Crippen LogP contribution in [-0.4, -0.2) is 14.2 Å². The molecule has 0 radical (unpaired) electrons. The number of ether oxygens (including phenoxy) is 2. The molecule has 2 nitrogen and oxygen atoms in total. The van der Waals surface area contributed by atoms with Gasteiger partial charge in [0.05, 0.1) is 14.2 Å². The largest absolute Gasteiger partial charge is 0.493 e. The van der Waals surface area contributed by atoms with Gasteiger partial charge in [0.15, 0.2) is 11.5 Å². The Morgan fingerprint density at radius 2 is 1.76 bits per heavy atom. The molecule has 0 bridgehead atoms. The van der Waals surface area contributed by atoms with Crippen LogP contribution < -0.4 is 9.47 Å². The predicted molar refractivity (Wildman–Crippen MR) is 75.3 cm³/mol. The summed E-state index contributed by atoms with van der Waals surface area (Å²) in [5, 5.41) is 0. The Kier molecular flexibility index (Phi) is 4.87. The summed E-state index contributed by atoms with van der Waals surface area (Å²) in [4.78, 5) is 0.305. The first-order chi connectivity index (χ1) is 7.96. The molecule has 0 aromatic heterocycles. The van der Waals surface area contributed by atoms with E-state index in [2.05, 4.69) is 42.8 Å². The zero-order valence-corrected chi connectivity index (χ0v) is 12.8. The second-order valence-electron chi connectivity index (χ2n) is 4.82. The summed E-state index contributed by atoms with van der Waals surface area (Å²) < 4.78 is 10.6. The zero-order valence-electron chi connectivity index (χ0n) is 11.2. The lowest BCUT2D eigenvalue weighted by Gasteiger charge is -2.29. The lowest BCUT2D eigenvalue weighted by Crippen LogP contribution is -2.16. The highest BCUT2D eigenvalue weighted by atomic mass is 79.9. The van der Waals surface area contributed by atoms with E-state index in [0.717, 1.165) is 17.9 Å². The van der Waals surface area contributed by atoms with Crippen molar-refractivity contribution >= 4 is 15.9 Å². The third-order valence-electron chi connectivity index (χ3n) is 3.30. The van der Waals surface area contributed by atoms with E-state index in [-0.39, 0.29) is 5.41 Å². The maximum atomic E-state index is 5.33. The van der Waals surface area contributed by atoms with E-state index < -0.39 is 0 Å². The SMILES string of the molecule is CCC(C)(C)C(Br)c1ccc(OC)c(OC)c1. The van der Waals surface area contributed by atoms with Gasteiger partial charge in [-0.25, -0.2) is 0 Å². The summed E-state index contributed by atoms with van der Waals surface area (Å²) in [7, 11) is 3.31. The zero-order chi connectivity index (χ0) is 13.1. The minimum atomic E-state index is 0.208. The van der Waals surface area contributed by atoms with Crippen LogP contribution in [0.4, 0.5) is 0 Å². The van der Waals surface area contributed by atoms with E-state index >= 15 is 0 Å². The quantitative estimate of drug-likeness (QED) is 0.741. The third-order valence-corrected chi connectivity index (χ3v) is 5.07. The van der Waals surface area contributed by atoms with Crippen molar-refractivity contribution in [2.24, 2.45) is 5.41 Å². The summed E-state index contributed by atoms with van der Waals surface area (Å²) >= 11 is 3.78. The maximum absolute atomic E-state index is 5.33. The summed E-state index contributed by atoms with van der Waals surface area (Å²) in [5.74, 6) is 1.55. The van der Waals surface area contributed by atoms with Crippen molar-refractivity contribution < 1.29 is 9.47 Å². The van der Waals surface area contributed by atoms with Gasteiger partial charge in [0.25, 0.3) is 0 Å². The van der Waals surface area contributed by atoms with E-state index in [1.807, 2.05) is 12.1 Å². The minimum absolute atomic E-state index is 0.208. The minimum Gasteiger partial charge on any atom is -0.493 e. The molecule has 0 amide bonds. The topological polar surface area (TPSA) is 18.5 Å². The fourth-order valence-corrected chi connectivity index (χ4v) is 2.25. The fourth-order valence-electron chi connectivity index (χ4n) is 1.64. The van der Waals surface area contributed by atoms with Gasteiger partial charge in [0, 0.05) is 4.83 Å². The van der Waals surface area contributed by atoms with Crippen molar-refractivity contribution in [1.82, 2.24) is 0 Å². The molecular weight excluding hydrogens is 280 g/mol. The average Bonchev–Trinajstić information content (AvgIpc) is 2.36. The monoisotopic (exact) mass is 300 g/mol. The number of hydrogen-bond donors (Lipinski definition) is 0. The van der Waals surface area contributed by atoms with Crippen LogP contribution in [0.15, 0.2) is 18.2 Å². The lowest BCUT2D eigenvalue weighted by molar-refractivity contribution is 0.339. The fraction of sp³-hybridized carbons (Fsp3) is 0.571. The molecule has 3 heteroatoms. The highest BCUT2D eigenvalue weighted by Gasteiger charge is 2.27. The Hall–Kier alpha value is -0.700. The lowest BCUT2D eigenvalue weighted by atomic mass is 9.83. The highest BCUT2D eigenvalue weighted by molar-refractivity contribution is 9.09. The van der Waals surface area contributed by atoms with Crippen LogP contribution in [0.1, 0.15) is 37.6 Å². The molecule has 0 aliphatic heterocycles. The summed E-state index contributed by atoms with van der Waals surface area (Å²) in [5.41, 5.74) is 1.43. The van der Waals surface area contributed by atoms with Crippen LogP contribution in [0, 0.1) is 5.41 Å². The Balaban J connectivity index is 3.07. The number of halogens is 1. The van der Waals surface area contributed by atoms with Gasteiger partial charge in [-0.05, 0) is 29.5 Å². The van der Waals surface area contributed by atoms with Crippen LogP contribution in [-0.2, 0) is 0 Å². The number of hydrogen-bond acceptors (Lipinski definition) is 2. The molecule has 17 heavy (non-hydrogen) atoms. The molecule has 0 saturated carbocycles. The highest BCUT2D eigenvalue weighted by Crippen LogP contribution is 2.44. The number of alkyl halides is 1. The molecule has 1 rings (SSSR count). The first-order valence-corrected chi connectivity index (χ1v) is 6.73. The van der Waals surface area contributed by atoms with Gasteiger partial charge in [0.1, 0.15) is 0 Å². The Morgan fingerprint density at radius 1 is 1.18 bits per heavy atom. The molecule has 0 aliphatic rings. The number of benzene rings is 1. The van der Waals surface area contributed by atoms with Crippen molar-refractivity contribution in [3.63, 3.8) is 0 Å². The van der Waals surface area contributed by atoms with Crippen molar-refractivity contribution in [2.45, 2.75) is 32.0 Å². The number of methoxy groups -OCH3 is 2. The first kappa shape index (κ1) is 14.4. The molecule has 0 fully saturated rings. The van der Waals surface area contributed by atoms with Gasteiger partial charge >= 0.3 is 0 Å². The van der Waals surface area contributed by atoms with E-state index in [4.69, 9.17) is 9.47 Å². The second-order valence-corrected chi connectivity index (χ2v) is 5.73. The molecular formula is C14H21BrO2. The standard InChI is InChI=1S/C14H21BrO2/c1-6-14(2,3)13(15)10-7-8-11(16-4)12(9-10)17-5/h7-9,13H,6H2,1-5H3. The molecule has 0 spiro atoms. The predicted octanol–water partition coefficient (Wildman–Crippen LogP) is 4.58. The van der Waals surface area contributed by atoms with Crippen LogP contribution in [0.3, 0.4) is 0 Å². The van der Waals surface area contributed by atoms with Crippen LogP contribution in [0.5, 0.6) is 11.5 Å². The van der Waals surface area contributed by atoms with Crippen molar-refractivity contribution in [1.29, 1.82) is 0 Å². The summed E-state index contributed by atoms with van der Waals surface area (Å²) in [6, 6.07) is 6.07. The molecule has 0 aliphatic carbocycles. The molecule has 1 atom stereocenters. The smallest absolute Gasteiger partial charge is 0.161 e. The van der Waals surface area contributed by atoms with Gasteiger partial charge in [0.2, 0.25) is 0 Å². The van der Waals surface area contributed by atoms with Gasteiger partial charge in [-0.2, -0.15) is 0 Å². The van der Waals surface area contributed by atoms with Gasteiger partial charge < -0.3 is 9.47 Å². The van der Waals surface area contributed by atoms with Crippen molar-refractivity contribution in [3.8, 4) is 11.5 Å². The van der Waals surface area contributed by atoms with E-state index in [1.54, 1.807) is 14.2 Å². The summed E-state index contributed by atoms with van der Waals surface area (Å²) in [6.07, 6.45) is 1.11. The molecule has 1 unspecified atom stereocenters. The Bertz CT molecular complexity index is 374. The Morgan fingerprint density at radius 3 is 2.24 bits per heavy atom. The van der Waals surface area contributed by atoms with E-state index in [1.165, 1.54) is 5.56 Å². The van der Waals surface area contributed by atoms with Crippen molar-refractivity contribution in [3.05, 3.63) is 23.8 Å². The molecule has 0 saturated heterocycles. The first-order valence-electron chi connectivity index (χ1n) is 5.82. The molecule has 0 heterocycles. The average molecular weight is 301 g/mol. The van der Waals surface area contributed by atoms with Crippen LogP contribution in [0.25, 0.3) is 0 Å². The second kappa shape index (κ2) is 5.76. The molecule has 1 aromatic carbocycles. The van der Waals surface area contributed by atoms with Gasteiger partial charge in [-0.3, -0.25) is 0 Å². The van der Waals surface area contributed by atoms with Gasteiger partial charge in [-0.15, -0.1) is 0 Å². The van der Waals surface area contributed by atoms with Crippen molar-refractivity contribution in [2.75, 3.05) is 14.2 Å². The molecule has 1 aromatic rings. The van der Waals surface area contributed by atoms with Crippen LogP contribution >= 0.6 is 15.9 Å². The van der Waals surface area contributed by atoms with Gasteiger partial charge in [-0.1, -0.05) is 42.8 Å². The molecule has 0 N–H and O–H groups in total. The van der Waals surface area contributed by atoms with Crippen LogP contribution in [0.2, 0.25) is 0 Å². The third kappa shape index (κ3) is 3.15. The van der Waals surface area contributed by atoms with E-state index in [9.17, 15) is 0 Å². The Labute approximate surface area is 112 Å². The van der Waals surface area contributed by atoms with E-state index in [0.29, 0.717) is 4.83 Å². The normalized spacial score (nSPS) is 13.3.